The number of hydrogen-bond donors (Lipinski definition) is 1. The second kappa shape index (κ2) is 8.62. The molecule has 0 aliphatic rings. The Kier molecular flexibility index (Phi) is 5.76. The lowest BCUT2D eigenvalue weighted by Crippen LogP contribution is -2.21. The third kappa shape index (κ3) is 4.33. The third-order valence-electron chi connectivity index (χ3n) is 4.42. The predicted molar refractivity (Wildman–Crippen MR) is 113 cm³/mol. The molecular formula is C22H16BrF2N3O2. The van der Waals surface area contributed by atoms with E-state index in [1.54, 1.807) is 4.57 Å². The fourth-order valence-corrected chi connectivity index (χ4v) is 3.57. The van der Waals surface area contributed by atoms with Crippen LogP contribution in [0.4, 0.5) is 14.5 Å². The first-order valence-electron chi connectivity index (χ1n) is 9.07. The molecule has 0 bridgehead atoms. The van der Waals surface area contributed by atoms with Gasteiger partial charge in [-0.3, -0.25) is 4.79 Å². The van der Waals surface area contributed by atoms with Crippen LogP contribution in [0.1, 0.15) is 5.82 Å². The van der Waals surface area contributed by atoms with Crippen LogP contribution in [0.3, 0.4) is 0 Å². The zero-order chi connectivity index (χ0) is 21.1. The first-order valence-corrected chi connectivity index (χ1v) is 9.87. The van der Waals surface area contributed by atoms with E-state index in [2.05, 4.69) is 26.2 Å². The minimum atomic E-state index is -0.863. The van der Waals surface area contributed by atoms with Crippen molar-refractivity contribution in [2.45, 2.75) is 13.2 Å². The van der Waals surface area contributed by atoms with Crippen LogP contribution in [0.5, 0.6) is 5.75 Å². The molecule has 4 rings (SSSR count). The first kappa shape index (κ1) is 20.0. The van der Waals surface area contributed by atoms with Crippen molar-refractivity contribution in [1.29, 1.82) is 0 Å². The molecular weight excluding hydrogens is 456 g/mol. The summed E-state index contributed by atoms with van der Waals surface area (Å²) < 4.78 is 35.0. The molecule has 1 amide bonds. The number of fused-ring (bicyclic) bond motifs is 1. The number of carbonyl (C=O) groups excluding carboxylic acids is 1. The van der Waals surface area contributed by atoms with E-state index in [0.29, 0.717) is 23.2 Å². The molecule has 0 saturated heterocycles. The lowest BCUT2D eigenvalue weighted by atomic mass is 10.3. The highest BCUT2D eigenvalue weighted by Gasteiger charge is 2.17. The van der Waals surface area contributed by atoms with Gasteiger partial charge in [0, 0.05) is 10.5 Å². The minimum absolute atomic E-state index is 0.114. The summed E-state index contributed by atoms with van der Waals surface area (Å²) in [5, 5.41) is 2.49. The third-order valence-corrected chi connectivity index (χ3v) is 5.04. The minimum Gasteiger partial charge on any atom is -0.486 e. The lowest BCUT2D eigenvalue weighted by molar-refractivity contribution is -0.116. The van der Waals surface area contributed by atoms with Gasteiger partial charge in [0.2, 0.25) is 5.91 Å². The van der Waals surface area contributed by atoms with E-state index >= 15 is 0 Å². The highest BCUT2D eigenvalue weighted by atomic mass is 79.9. The number of ether oxygens (including phenoxy) is 1. The maximum Gasteiger partial charge on any atom is 0.244 e. The van der Waals surface area contributed by atoms with E-state index in [1.807, 2.05) is 54.6 Å². The maximum atomic E-state index is 14.1. The predicted octanol–water partition coefficient (Wildman–Crippen LogP) is 5.29. The lowest BCUT2D eigenvalue weighted by Gasteiger charge is -2.12. The molecule has 0 atom stereocenters. The van der Waals surface area contributed by atoms with E-state index in [0.717, 1.165) is 11.6 Å². The van der Waals surface area contributed by atoms with Gasteiger partial charge in [-0.05, 0) is 46.3 Å². The number of anilines is 1. The molecule has 0 fully saturated rings. The van der Waals surface area contributed by atoms with Gasteiger partial charge in [0.05, 0.1) is 16.7 Å². The van der Waals surface area contributed by atoms with E-state index in [1.165, 1.54) is 0 Å². The Morgan fingerprint density at radius 2 is 1.80 bits per heavy atom. The summed E-state index contributed by atoms with van der Waals surface area (Å²) in [6, 6.07) is 18.4. The van der Waals surface area contributed by atoms with Gasteiger partial charge in [0.1, 0.15) is 30.5 Å². The summed E-state index contributed by atoms with van der Waals surface area (Å²) in [6.07, 6.45) is 0. The van der Waals surface area contributed by atoms with Crippen molar-refractivity contribution in [3.8, 4) is 5.75 Å². The molecule has 0 aliphatic carbocycles. The second-order valence-corrected chi connectivity index (χ2v) is 7.35. The molecule has 152 valence electrons. The molecule has 1 heterocycles. The Hall–Kier alpha value is -3.26. The van der Waals surface area contributed by atoms with Crippen molar-refractivity contribution in [2.75, 3.05) is 5.32 Å². The molecule has 5 nitrogen and oxygen atoms in total. The molecule has 0 aliphatic heterocycles. The number of rotatable bonds is 6. The smallest absolute Gasteiger partial charge is 0.244 e. The highest BCUT2D eigenvalue weighted by molar-refractivity contribution is 9.10. The summed E-state index contributed by atoms with van der Waals surface area (Å²) in [7, 11) is 0. The zero-order valence-electron chi connectivity index (χ0n) is 15.6. The number of aromatic nitrogens is 2. The van der Waals surface area contributed by atoms with Gasteiger partial charge in [-0.2, -0.15) is 0 Å². The van der Waals surface area contributed by atoms with Gasteiger partial charge in [-0.15, -0.1) is 0 Å². The van der Waals surface area contributed by atoms with Crippen LogP contribution in [0.15, 0.2) is 71.2 Å². The number of para-hydroxylation sites is 3. The monoisotopic (exact) mass is 471 g/mol. The van der Waals surface area contributed by atoms with Crippen LogP contribution >= 0.6 is 15.9 Å². The van der Waals surface area contributed by atoms with E-state index in [-0.39, 0.29) is 23.3 Å². The molecule has 0 unspecified atom stereocenters. The molecule has 8 heteroatoms. The number of nitrogens with one attached hydrogen (secondary N) is 1. The number of benzene rings is 3. The van der Waals surface area contributed by atoms with Gasteiger partial charge in [0.25, 0.3) is 0 Å². The van der Waals surface area contributed by atoms with Crippen molar-refractivity contribution in [3.63, 3.8) is 0 Å². The largest absolute Gasteiger partial charge is 0.486 e. The average molecular weight is 472 g/mol. The number of amides is 1. The van der Waals surface area contributed by atoms with Crippen molar-refractivity contribution >= 4 is 38.6 Å². The zero-order valence-corrected chi connectivity index (χ0v) is 17.2. The average Bonchev–Trinajstić information content (AvgIpc) is 3.07. The number of hydrogen-bond acceptors (Lipinski definition) is 3. The van der Waals surface area contributed by atoms with Crippen molar-refractivity contribution in [3.05, 3.63) is 88.7 Å². The van der Waals surface area contributed by atoms with Gasteiger partial charge in [-0.25, -0.2) is 13.8 Å². The first-order chi connectivity index (χ1) is 14.5. The Balaban J connectivity index is 1.59. The van der Waals surface area contributed by atoms with Crippen LogP contribution in [-0.4, -0.2) is 15.5 Å². The van der Waals surface area contributed by atoms with Crippen molar-refractivity contribution in [2.24, 2.45) is 0 Å². The summed E-state index contributed by atoms with van der Waals surface area (Å²) in [6.45, 7) is 0.0395. The fraction of sp³-hybridized carbons (Fsp3) is 0.0909. The van der Waals surface area contributed by atoms with Gasteiger partial charge >= 0.3 is 0 Å². The number of nitrogens with zero attached hydrogens (tertiary/aromatic N) is 2. The summed E-state index contributed by atoms with van der Waals surface area (Å²) in [5.41, 5.74) is 1.34. The normalized spacial score (nSPS) is 10.9. The summed E-state index contributed by atoms with van der Waals surface area (Å²) in [4.78, 5) is 17.2. The van der Waals surface area contributed by atoms with Crippen LogP contribution in [0.2, 0.25) is 0 Å². The van der Waals surface area contributed by atoms with Crippen LogP contribution in [-0.2, 0) is 17.9 Å². The molecule has 0 radical (unpaired) electrons. The number of imidazole rings is 1. The molecule has 4 aromatic rings. The number of carbonyl (C=O) groups is 1. The van der Waals surface area contributed by atoms with E-state index < -0.39 is 17.5 Å². The number of halogens is 3. The van der Waals surface area contributed by atoms with E-state index in [9.17, 15) is 13.6 Å². The summed E-state index contributed by atoms with van der Waals surface area (Å²) in [5.74, 6) is -0.853. The molecule has 3 aromatic carbocycles. The van der Waals surface area contributed by atoms with Crippen molar-refractivity contribution < 1.29 is 18.3 Å². The molecule has 0 saturated carbocycles. The SMILES string of the molecule is O=C(Cn1c(COc2ccccc2)nc2ccccc21)Nc1c(F)cc(F)cc1Br. The van der Waals surface area contributed by atoms with Crippen LogP contribution in [0, 0.1) is 11.6 Å². The quantitative estimate of drug-likeness (QED) is 0.415. The Morgan fingerprint density at radius 3 is 2.57 bits per heavy atom. The van der Waals surface area contributed by atoms with Gasteiger partial charge in [0.15, 0.2) is 5.82 Å². The fourth-order valence-electron chi connectivity index (χ4n) is 3.06. The second-order valence-electron chi connectivity index (χ2n) is 6.50. The molecule has 30 heavy (non-hydrogen) atoms. The highest BCUT2D eigenvalue weighted by Crippen LogP contribution is 2.27. The Labute approximate surface area is 179 Å². The van der Waals surface area contributed by atoms with Gasteiger partial charge in [-0.1, -0.05) is 30.3 Å². The molecule has 0 spiro atoms. The maximum absolute atomic E-state index is 14.1. The topological polar surface area (TPSA) is 56.2 Å². The Bertz CT molecular complexity index is 1190. The molecule has 1 N–H and O–H groups in total. The van der Waals surface area contributed by atoms with Crippen LogP contribution in [0.25, 0.3) is 11.0 Å². The van der Waals surface area contributed by atoms with Crippen molar-refractivity contribution in [1.82, 2.24) is 9.55 Å². The van der Waals surface area contributed by atoms with Gasteiger partial charge < -0.3 is 14.6 Å². The summed E-state index contributed by atoms with van der Waals surface area (Å²) >= 11 is 3.08. The Morgan fingerprint density at radius 1 is 1.07 bits per heavy atom. The van der Waals surface area contributed by atoms with E-state index in [4.69, 9.17) is 4.74 Å². The standard InChI is InChI=1S/C22H16BrF2N3O2/c23-16-10-14(24)11-17(25)22(16)27-21(29)12-28-19-9-5-4-8-18(19)26-20(28)13-30-15-6-2-1-3-7-15/h1-11H,12-13H2,(H,27,29). The van der Waals surface area contributed by atoms with Crippen LogP contribution < -0.4 is 10.1 Å². The molecule has 1 aromatic heterocycles.